The molecule has 0 aromatic heterocycles. The molecule has 0 aliphatic heterocycles. The van der Waals surface area contributed by atoms with Crippen LogP contribution in [0.15, 0.2) is 0 Å². The van der Waals surface area contributed by atoms with Crippen molar-refractivity contribution in [2.24, 2.45) is 29.1 Å². The number of carboxylic acids is 1. The van der Waals surface area contributed by atoms with Gasteiger partial charge in [0.05, 0.1) is 5.41 Å². The quantitative estimate of drug-likeness (QED) is 0.756. The summed E-state index contributed by atoms with van der Waals surface area (Å²) in [5.74, 6) is -5.81. The number of carbonyl (C=O) groups excluding carboxylic acids is 1. The number of hydrogen-bond acceptors (Lipinski definition) is 3. The largest absolute Gasteiger partial charge is 0.477 e. The third-order valence-electron chi connectivity index (χ3n) is 7.18. The highest BCUT2D eigenvalue weighted by Gasteiger charge is 2.59. The van der Waals surface area contributed by atoms with Crippen molar-refractivity contribution in [1.82, 2.24) is 0 Å². The number of carbonyl (C=O) groups is 2. The van der Waals surface area contributed by atoms with Crippen molar-refractivity contribution in [1.29, 1.82) is 0 Å². The van der Waals surface area contributed by atoms with Crippen molar-refractivity contribution < 1.29 is 28.2 Å². The number of alkyl halides is 2. The molecule has 1 N–H and O–H groups in total. The minimum absolute atomic E-state index is 0.502. The van der Waals surface area contributed by atoms with Gasteiger partial charge in [0, 0.05) is 5.92 Å². The van der Waals surface area contributed by atoms with E-state index in [4.69, 9.17) is 9.84 Å². The number of ether oxygens (including phenoxy) is 1. The van der Waals surface area contributed by atoms with Crippen molar-refractivity contribution in [3.63, 3.8) is 0 Å². The predicted octanol–water partition coefficient (Wildman–Crippen LogP) is 4.02. The summed E-state index contributed by atoms with van der Waals surface area (Å²) in [6, 6.07) is 0. The molecular formula is C19H26F2O4. The molecule has 1 atom stereocenters. The standard InChI is InChI=1S/C19H26F2O4/c20-19(21,16(22)23)15(14-3-1-2-4-14)25-17(24)18-8-11-5-12(9-18)7-13(6-11)10-18/h11-15H,1-10H2,(H,22,23). The van der Waals surface area contributed by atoms with Gasteiger partial charge in [-0.05, 0) is 69.1 Å². The molecular weight excluding hydrogens is 330 g/mol. The van der Waals surface area contributed by atoms with Gasteiger partial charge in [-0.3, -0.25) is 4.79 Å². The first kappa shape index (κ1) is 17.2. The monoisotopic (exact) mass is 356 g/mol. The lowest BCUT2D eigenvalue weighted by molar-refractivity contribution is -0.212. The van der Waals surface area contributed by atoms with E-state index in [9.17, 15) is 18.4 Å². The summed E-state index contributed by atoms with van der Waals surface area (Å²) < 4.78 is 34.0. The van der Waals surface area contributed by atoms with E-state index in [2.05, 4.69) is 0 Å². The summed E-state index contributed by atoms with van der Waals surface area (Å²) in [6.07, 6.45) is 6.36. The van der Waals surface area contributed by atoms with Gasteiger partial charge in [-0.15, -0.1) is 0 Å². The van der Waals surface area contributed by atoms with Crippen LogP contribution >= 0.6 is 0 Å². The normalized spacial score (nSPS) is 38.7. The Bertz CT molecular complexity index is 532. The van der Waals surface area contributed by atoms with Crippen molar-refractivity contribution in [2.45, 2.75) is 76.2 Å². The minimum Gasteiger partial charge on any atom is -0.477 e. The van der Waals surface area contributed by atoms with Gasteiger partial charge in [-0.1, -0.05) is 12.8 Å². The summed E-state index contributed by atoms with van der Waals surface area (Å²) in [5.41, 5.74) is -0.639. The Labute approximate surface area is 146 Å². The van der Waals surface area contributed by atoms with Gasteiger partial charge in [0.25, 0.3) is 0 Å². The van der Waals surface area contributed by atoms with Crippen molar-refractivity contribution in [3.05, 3.63) is 0 Å². The average molecular weight is 356 g/mol. The Morgan fingerprint density at radius 1 is 1.00 bits per heavy atom. The SMILES string of the molecule is O=C(OC(C1CCCC1)C(F)(F)C(=O)O)C12CC3CC(CC(C3)C1)C2. The van der Waals surface area contributed by atoms with Gasteiger partial charge < -0.3 is 9.84 Å². The van der Waals surface area contributed by atoms with Crippen molar-refractivity contribution >= 4 is 11.9 Å². The van der Waals surface area contributed by atoms with Gasteiger partial charge in [0.15, 0.2) is 6.10 Å². The second kappa shape index (κ2) is 5.92. The molecule has 0 amide bonds. The number of rotatable bonds is 5. The maximum absolute atomic E-state index is 14.3. The second-order valence-electron chi connectivity index (χ2n) is 9.00. The number of aliphatic carboxylic acids is 1. The number of carboxylic acid groups (broad SMARTS) is 1. The number of hydrogen-bond donors (Lipinski definition) is 1. The fourth-order valence-electron chi connectivity index (χ4n) is 6.45. The highest BCUT2D eigenvalue weighted by Crippen LogP contribution is 2.60. The fraction of sp³-hybridized carbons (Fsp3) is 0.895. The summed E-state index contributed by atoms with van der Waals surface area (Å²) in [5, 5.41) is 8.98. The van der Waals surface area contributed by atoms with Crippen LogP contribution in [0, 0.1) is 29.1 Å². The van der Waals surface area contributed by atoms with Crippen LogP contribution in [0.5, 0.6) is 0 Å². The van der Waals surface area contributed by atoms with Crippen LogP contribution in [0.2, 0.25) is 0 Å². The molecule has 5 saturated carbocycles. The van der Waals surface area contributed by atoms with Crippen LogP contribution in [-0.4, -0.2) is 29.1 Å². The molecule has 0 spiro atoms. The van der Waals surface area contributed by atoms with E-state index in [0.29, 0.717) is 30.6 Å². The summed E-state index contributed by atoms with van der Waals surface area (Å²) >= 11 is 0. The van der Waals surface area contributed by atoms with Crippen molar-refractivity contribution in [2.75, 3.05) is 0 Å². The van der Waals surface area contributed by atoms with E-state index in [1.807, 2.05) is 0 Å². The maximum atomic E-state index is 14.3. The van der Waals surface area contributed by atoms with Crippen molar-refractivity contribution in [3.8, 4) is 0 Å². The maximum Gasteiger partial charge on any atom is 0.378 e. The van der Waals surface area contributed by atoms with E-state index < -0.39 is 35.3 Å². The topological polar surface area (TPSA) is 63.6 Å². The van der Waals surface area contributed by atoms with E-state index >= 15 is 0 Å². The summed E-state index contributed by atoms with van der Waals surface area (Å²) in [4.78, 5) is 24.1. The van der Waals surface area contributed by atoms with Gasteiger partial charge in [0.2, 0.25) is 0 Å². The van der Waals surface area contributed by atoms with E-state index in [1.54, 1.807) is 0 Å². The van der Waals surface area contributed by atoms with Gasteiger partial charge >= 0.3 is 17.9 Å². The van der Waals surface area contributed by atoms with Crippen LogP contribution in [-0.2, 0) is 14.3 Å². The summed E-state index contributed by atoms with van der Waals surface area (Å²) in [6.45, 7) is 0. The first-order valence-electron chi connectivity index (χ1n) is 9.62. The van der Waals surface area contributed by atoms with Gasteiger partial charge in [-0.25, -0.2) is 4.79 Å². The first-order valence-corrected chi connectivity index (χ1v) is 9.62. The van der Waals surface area contributed by atoms with Gasteiger partial charge in [0.1, 0.15) is 0 Å². The average Bonchev–Trinajstić information content (AvgIpc) is 3.04. The molecule has 0 radical (unpaired) electrons. The van der Waals surface area contributed by atoms with E-state index in [-0.39, 0.29) is 0 Å². The third-order valence-corrected chi connectivity index (χ3v) is 7.18. The molecule has 140 valence electrons. The molecule has 0 aromatic carbocycles. The second-order valence-corrected chi connectivity index (χ2v) is 9.00. The molecule has 5 aliphatic carbocycles. The van der Waals surface area contributed by atoms with Crippen LogP contribution in [0.25, 0.3) is 0 Å². The van der Waals surface area contributed by atoms with E-state index in [0.717, 1.165) is 51.4 Å². The lowest BCUT2D eigenvalue weighted by Crippen LogP contribution is -2.54. The summed E-state index contributed by atoms with van der Waals surface area (Å²) in [7, 11) is 0. The molecule has 4 bridgehead atoms. The molecule has 5 aliphatic rings. The minimum atomic E-state index is -4.02. The molecule has 5 fully saturated rings. The number of halogens is 2. The molecule has 0 saturated heterocycles. The fourth-order valence-corrected chi connectivity index (χ4v) is 6.45. The van der Waals surface area contributed by atoms with Crippen LogP contribution in [0.1, 0.15) is 64.2 Å². The highest BCUT2D eigenvalue weighted by molar-refractivity contribution is 5.80. The van der Waals surface area contributed by atoms with Crippen LogP contribution in [0.4, 0.5) is 8.78 Å². The Morgan fingerprint density at radius 2 is 1.48 bits per heavy atom. The Balaban J connectivity index is 1.55. The molecule has 0 heterocycles. The molecule has 0 aromatic rings. The lowest BCUT2D eigenvalue weighted by Gasteiger charge is -2.55. The molecule has 4 nitrogen and oxygen atoms in total. The van der Waals surface area contributed by atoms with Crippen LogP contribution in [0.3, 0.4) is 0 Å². The van der Waals surface area contributed by atoms with E-state index in [1.165, 1.54) is 0 Å². The highest BCUT2D eigenvalue weighted by atomic mass is 19.3. The molecule has 1 unspecified atom stereocenters. The molecule has 25 heavy (non-hydrogen) atoms. The zero-order chi connectivity index (χ0) is 17.8. The predicted molar refractivity (Wildman–Crippen MR) is 85.0 cm³/mol. The third kappa shape index (κ3) is 2.85. The van der Waals surface area contributed by atoms with Crippen LogP contribution < -0.4 is 0 Å². The Hall–Kier alpha value is -1.20. The Morgan fingerprint density at radius 3 is 1.92 bits per heavy atom. The Kier molecular flexibility index (Phi) is 4.08. The molecule has 6 heteroatoms. The molecule has 5 rings (SSSR count). The number of esters is 1. The first-order chi connectivity index (χ1) is 11.8. The zero-order valence-corrected chi connectivity index (χ0v) is 14.4. The van der Waals surface area contributed by atoms with Gasteiger partial charge in [-0.2, -0.15) is 8.78 Å². The lowest BCUT2D eigenvalue weighted by atomic mass is 9.49. The smallest absolute Gasteiger partial charge is 0.378 e. The zero-order valence-electron chi connectivity index (χ0n) is 14.4.